The van der Waals surface area contributed by atoms with Crippen LogP contribution >= 0.6 is 0 Å². The summed E-state index contributed by atoms with van der Waals surface area (Å²) in [5.41, 5.74) is 0.755. The molecule has 1 amide bonds. The van der Waals surface area contributed by atoms with Crippen molar-refractivity contribution >= 4 is 11.9 Å². The van der Waals surface area contributed by atoms with Crippen molar-refractivity contribution in [2.45, 2.75) is 76.3 Å². The van der Waals surface area contributed by atoms with Crippen molar-refractivity contribution in [3.05, 3.63) is 35.4 Å². The van der Waals surface area contributed by atoms with Crippen molar-refractivity contribution in [1.82, 2.24) is 4.90 Å². The van der Waals surface area contributed by atoms with E-state index in [-0.39, 0.29) is 24.6 Å². The highest BCUT2D eigenvalue weighted by atomic mass is 16.5. The molecular formula is C23H29NO3. The molecule has 0 atom stereocenters. The minimum absolute atomic E-state index is 0.0259. The second-order valence-electron chi connectivity index (χ2n) is 7.62. The fourth-order valence-corrected chi connectivity index (χ4v) is 4.52. The van der Waals surface area contributed by atoms with E-state index < -0.39 is 5.97 Å². The first kappa shape index (κ1) is 19.5. The maximum atomic E-state index is 13.6. The summed E-state index contributed by atoms with van der Waals surface area (Å²) in [4.78, 5) is 28.2. The van der Waals surface area contributed by atoms with E-state index in [1.807, 2.05) is 6.07 Å². The highest BCUT2D eigenvalue weighted by Crippen LogP contribution is 2.32. The molecule has 0 spiro atoms. The van der Waals surface area contributed by atoms with Crippen LogP contribution in [0.1, 0.15) is 84.9 Å². The Bertz CT molecular complexity index is 676. The lowest BCUT2D eigenvalue weighted by Crippen LogP contribution is -2.49. The van der Waals surface area contributed by atoms with Crippen molar-refractivity contribution < 1.29 is 14.3 Å². The number of rotatable bonds is 5. The zero-order chi connectivity index (χ0) is 19.1. The lowest BCUT2D eigenvalue weighted by molar-refractivity contribution is 0.0433. The van der Waals surface area contributed by atoms with Gasteiger partial charge in [0.2, 0.25) is 0 Å². The minimum Gasteiger partial charge on any atom is -0.449 e. The Morgan fingerprint density at radius 1 is 0.926 bits per heavy atom. The Labute approximate surface area is 162 Å². The number of hydrogen-bond acceptors (Lipinski definition) is 3. The van der Waals surface area contributed by atoms with Crippen LogP contribution in [0.2, 0.25) is 0 Å². The number of nitrogens with zero attached hydrogens (tertiary/aromatic N) is 1. The molecule has 144 valence electrons. The van der Waals surface area contributed by atoms with Gasteiger partial charge in [-0.3, -0.25) is 4.79 Å². The molecule has 27 heavy (non-hydrogen) atoms. The lowest BCUT2D eigenvalue weighted by atomic mass is 9.87. The quantitative estimate of drug-likeness (QED) is 0.565. The largest absolute Gasteiger partial charge is 0.449 e. The summed E-state index contributed by atoms with van der Waals surface area (Å²) in [6.07, 6.45) is 16.6. The van der Waals surface area contributed by atoms with Crippen LogP contribution in [-0.2, 0) is 4.74 Å². The molecular weight excluding hydrogens is 338 g/mol. The number of benzene rings is 1. The number of terminal acetylenes is 1. The summed E-state index contributed by atoms with van der Waals surface area (Å²) in [7, 11) is 0. The van der Waals surface area contributed by atoms with E-state index in [1.165, 1.54) is 38.5 Å². The van der Waals surface area contributed by atoms with Crippen LogP contribution in [0.4, 0.5) is 0 Å². The summed E-state index contributed by atoms with van der Waals surface area (Å²) in [5.74, 6) is 1.76. The fraction of sp³-hybridized carbons (Fsp3) is 0.565. The molecule has 0 radical (unpaired) electrons. The summed E-state index contributed by atoms with van der Waals surface area (Å²) >= 11 is 0. The molecule has 0 aliphatic heterocycles. The lowest BCUT2D eigenvalue weighted by Gasteiger charge is -2.42. The van der Waals surface area contributed by atoms with E-state index in [0.717, 1.165) is 25.7 Å². The van der Waals surface area contributed by atoms with Crippen molar-refractivity contribution in [2.24, 2.45) is 0 Å². The molecule has 2 aliphatic carbocycles. The Balaban J connectivity index is 1.89. The van der Waals surface area contributed by atoms with Gasteiger partial charge in [0.25, 0.3) is 5.91 Å². The van der Waals surface area contributed by atoms with Gasteiger partial charge in [0, 0.05) is 12.1 Å². The molecule has 0 aromatic heterocycles. The number of hydrogen-bond donors (Lipinski definition) is 0. The van der Waals surface area contributed by atoms with Crippen LogP contribution < -0.4 is 0 Å². The van der Waals surface area contributed by atoms with Crippen LogP contribution in [0.5, 0.6) is 0 Å². The van der Waals surface area contributed by atoms with E-state index in [9.17, 15) is 9.59 Å². The smallest absolute Gasteiger partial charge is 0.339 e. The second kappa shape index (κ2) is 9.60. The maximum Gasteiger partial charge on any atom is 0.339 e. The topological polar surface area (TPSA) is 46.6 Å². The SMILES string of the molecule is C#CCOC(=O)c1ccccc1C(=O)N(C1CCCCC1)C1CCCCC1. The van der Waals surface area contributed by atoms with Gasteiger partial charge in [-0.2, -0.15) is 0 Å². The van der Waals surface area contributed by atoms with Gasteiger partial charge in [-0.05, 0) is 37.8 Å². The van der Waals surface area contributed by atoms with Crippen molar-refractivity contribution in [1.29, 1.82) is 0 Å². The van der Waals surface area contributed by atoms with E-state index in [0.29, 0.717) is 11.1 Å². The third kappa shape index (κ3) is 4.71. The number of carbonyl (C=O) groups excluding carboxylic acids is 2. The summed E-state index contributed by atoms with van der Waals surface area (Å²) in [6.45, 7) is -0.0870. The Morgan fingerprint density at radius 3 is 1.96 bits per heavy atom. The zero-order valence-electron chi connectivity index (χ0n) is 16.0. The fourth-order valence-electron chi connectivity index (χ4n) is 4.52. The second-order valence-corrected chi connectivity index (χ2v) is 7.62. The zero-order valence-corrected chi connectivity index (χ0v) is 16.0. The monoisotopic (exact) mass is 367 g/mol. The van der Waals surface area contributed by atoms with E-state index in [2.05, 4.69) is 10.8 Å². The highest BCUT2D eigenvalue weighted by Gasteiger charge is 2.34. The first-order chi connectivity index (χ1) is 13.2. The highest BCUT2D eigenvalue weighted by molar-refractivity contribution is 6.05. The third-order valence-corrected chi connectivity index (χ3v) is 5.83. The molecule has 4 heteroatoms. The van der Waals surface area contributed by atoms with Gasteiger partial charge in [0.15, 0.2) is 6.61 Å². The molecule has 0 N–H and O–H groups in total. The Morgan fingerprint density at radius 2 is 1.44 bits per heavy atom. The van der Waals surface area contributed by atoms with Crippen molar-refractivity contribution in [3.63, 3.8) is 0 Å². The summed E-state index contributed by atoms with van der Waals surface area (Å²) < 4.78 is 5.09. The van der Waals surface area contributed by atoms with E-state index >= 15 is 0 Å². The molecule has 0 unspecified atom stereocenters. The van der Waals surface area contributed by atoms with E-state index in [1.54, 1.807) is 18.2 Å². The standard InChI is InChI=1S/C23H29NO3/c1-2-17-27-23(26)21-16-10-9-15-20(21)22(25)24(18-11-5-3-6-12-18)19-13-7-4-8-14-19/h1,9-10,15-16,18-19H,3-8,11-14,17H2. The predicted octanol–water partition coefficient (Wildman–Crippen LogP) is 4.58. The van der Waals surface area contributed by atoms with Crippen molar-refractivity contribution in [3.8, 4) is 12.3 Å². The van der Waals surface area contributed by atoms with Gasteiger partial charge in [0.1, 0.15) is 0 Å². The molecule has 2 fully saturated rings. The molecule has 2 saturated carbocycles. The number of esters is 1. The normalized spacial score (nSPS) is 18.5. The van der Waals surface area contributed by atoms with Gasteiger partial charge in [-0.15, -0.1) is 6.42 Å². The molecule has 2 aliphatic rings. The number of carbonyl (C=O) groups is 2. The first-order valence-electron chi connectivity index (χ1n) is 10.2. The van der Waals surface area contributed by atoms with Gasteiger partial charge in [-0.1, -0.05) is 56.6 Å². The predicted molar refractivity (Wildman–Crippen MR) is 105 cm³/mol. The molecule has 1 aromatic rings. The van der Waals surface area contributed by atoms with Gasteiger partial charge in [0.05, 0.1) is 11.1 Å². The average Bonchev–Trinajstić information content (AvgIpc) is 2.73. The summed E-state index contributed by atoms with van der Waals surface area (Å²) in [6, 6.07) is 7.53. The molecule has 0 saturated heterocycles. The minimum atomic E-state index is -0.524. The van der Waals surface area contributed by atoms with Crippen LogP contribution in [0.15, 0.2) is 24.3 Å². The van der Waals surface area contributed by atoms with Crippen LogP contribution in [0, 0.1) is 12.3 Å². The van der Waals surface area contributed by atoms with Gasteiger partial charge >= 0.3 is 5.97 Å². The molecule has 0 heterocycles. The molecule has 1 aromatic carbocycles. The van der Waals surface area contributed by atoms with Crippen LogP contribution in [0.3, 0.4) is 0 Å². The Kier molecular flexibility index (Phi) is 6.92. The molecule has 0 bridgehead atoms. The van der Waals surface area contributed by atoms with Crippen LogP contribution in [0.25, 0.3) is 0 Å². The van der Waals surface area contributed by atoms with Gasteiger partial charge in [-0.25, -0.2) is 4.79 Å². The summed E-state index contributed by atoms with van der Waals surface area (Å²) in [5, 5.41) is 0. The third-order valence-electron chi connectivity index (χ3n) is 5.83. The number of amides is 1. The number of ether oxygens (including phenoxy) is 1. The van der Waals surface area contributed by atoms with E-state index in [4.69, 9.17) is 11.2 Å². The van der Waals surface area contributed by atoms with Gasteiger partial charge < -0.3 is 9.64 Å². The Hall–Kier alpha value is -2.28. The average molecular weight is 367 g/mol. The van der Waals surface area contributed by atoms with Crippen molar-refractivity contribution in [2.75, 3.05) is 6.61 Å². The first-order valence-corrected chi connectivity index (χ1v) is 10.2. The maximum absolute atomic E-state index is 13.6. The molecule has 3 rings (SSSR count). The molecule has 4 nitrogen and oxygen atoms in total. The van der Waals surface area contributed by atoms with Crippen LogP contribution in [-0.4, -0.2) is 35.5 Å².